The molecule has 2 heterocycles. The van der Waals surface area contributed by atoms with Crippen LogP contribution in [0.1, 0.15) is 24.8 Å². The van der Waals surface area contributed by atoms with Crippen molar-refractivity contribution in [3.05, 3.63) is 48.0 Å². The van der Waals surface area contributed by atoms with Gasteiger partial charge in [-0.25, -0.2) is 0 Å². The smallest absolute Gasteiger partial charge is 0.191 e. The minimum atomic E-state index is 0.509. The van der Waals surface area contributed by atoms with Crippen LogP contribution in [-0.4, -0.2) is 63.3 Å². The van der Waals surface area contributed by atoms with Crippen LogP contribution in [-0.2, 0) is 11.2 Å². The van der Waals surface area contributed by atoms with Gasteiger partial charge in [0.1, 0.15) is 0 Å². The van der Waals surface area contributed by atoms with Crippen molar-refractivity contribution in [2.75, 3.05) is 46.4 Å². The van der Waals surface area contributed by atoms with Crippen LogP contribution in [0, 0.1) is 5.92 Å². The average molecular weight is 395 g/mol. The summed E-state index contributed by atoms with van der Waals surface area (Å²) in [6.45, 7) is 6.32. The standard InChI is InChI=1S/C24H34N4O/c1-25-24(26-13-9-21-7-4-6-20-5-2-3-8-23(20)21)27-22-10-14-28(15-11-22)17-19-12-16-29-18-19/h2-8,19,22H,9-18H2,1H3,(H2,25,26,27). The van der Waals surface area contributed by atoms with E-state index in [9.17, 15) is 0 Å². The van der Waals surface area contributed by atoms with Crippen molar-refractivity contribution >= 4 is 16.7 Å². The summed E-state index contributed by atoms with van der Waals surface area (Å²) >= 11 is 0. The molecule has 2 aliphatic heterocycles. The lowest BCUT2D eigenvalue weighted by atomic mass is 10.0. The van der Waals surface area contributed by atoms with E-state index >= 15 is 0 Å². The average Bonchev–Trinajstić information content (AvgIpc) is 3.27. The number of fused-ring (bicyclic) bond motifs is 1. The third-order valence-corrected chi connectivity index (χ3v) is 6.26. The summed E-state index contributed by atoms with van der Waals surface area (Å²) in [4.78, 5) is 7.05. The van der Waals surface area contributed by atoms with Gasteiger partial charge in [0.2, 0.25) is 0 Å². The zero-order valence-electron chi connectivity index (χ0n) is 17.6. The summed E-state index contributed by atoms with van der Waals surface area (Å²) in [7, 11) is 1.86. The Hall–Kier alpha value is -2.11. The Bertz CT molecular complexity index is 802. The highest BCUT2D eigenvalue weighted by molar-refractivity contribution is 5.85. The molecular weight excluding hydrogens is 360 g/mol. The Balaban J connectivity index is 1.21. The maximum Gasteiger partial charge on any atom is 0.191 e. The normalized spacial score (nSPS) is 21.6. The zero-order chi connectivity index (χ0) is 19.9. The molecule has 2 aromatic rings. The van der Waals surface area contributed by atoms with Gasteiger partial charge < -0.3 is 20.3 Å². The van der Waals surface area contributed by atoms with E-state index in [1.165, 1.54) is 55.2 Å². The van der Waals surface area contributed by atoms with Crippen LogP contribution in [0.5, 0.6) is 0 Å². The van der Waals surface area contributed by atoms with Gasteiger partial charge in [-0.15, -0.1) is 0 Å². The molecule has 5 heteroatoms. The number of rotatable bonds is 6. The lowest BCUT2D eigenvalue weighted by Crippen LogP contribution is -2.49. The first-order chi connectivity index (χ1) is 14.3. The van der Waals surface area contributed by atoms with Gasteiger partial charge >= 0.3 is 0 Å². The molecule has 2 N–H and O–H groups in total. The largest absolute Gasteiger partial charge is 0.381 e. The summed E-state index contributed by atoms with van der Waals surface area (Å²) in [5.74, 6) is 1.66. The highest BCUT2D eigenvalue weighted by Gasteiger charge is 2.24. The monoisotopic (exact) mass is 394 g/mol. The van der Waals surface area contributed by atoms with Crippen molar-refractivity contribution in [2.45, 2.75) is 31.7 Å². The molecule has 1 atom stereocenters. The van der Waals surface area contributed by atoms with E-state index < -0.39 is 0 Å². The molecule has 0 aliphatic carbocycles. The molecule has 0 saturated carbocycles. The zero-order valence-corrected chi connectivity index (χ0v) is 17.6. The predicted octanol–water partition coefficient (Wildman–Crippen LogP) is 3.05. The lowest BCUT2D eigenvalue weighted by molar-refractivity contribution is 0.150. The van der Waals surface area contributed by atoms with E-state index in [1.807, 2.05) is 7.05 Å². The van der Waals surface area contributed by atoms with Crippen LogP contribution in [0.25, 0.3) is 10.8 Å². The van der Waals surface area contributed by atoms with Gasteiger partial charge in [0.25, 0.3) is 0 Å². The topological polar surface area (TPSA) is 48.9 Å². The van der Waals surface area contributed by atoms with E-state index in [4.69, 9.17) is 4.74 Å². The second-order valence-corrected chi connectivity index (χ2v) is 8.34. The minimum absolute atomic E-state index is 0.509. The van der Waals surface area contributed by atoms with Crippen molar-refractivity contribution in [1.82, 2.24) is 15.5 Å². The van der Waals surface area contributed by atoms with Gasteiger partial charge in [-0.1, -0.05) is 42.5 Å². The lowest BCUT2D eigenvalue weighted by Gasteiger charge is -2.34. The number of hydrogen-bond donors (Lipinski definition) is 2. The minimum Gasteiger partial charge on any atom is -0.381 e. The number of ether oxygens (including phenoxy) is 1. The molecule has 156 valence electrons. The molecule has 29 heavy (non-hydrogen) atoms. The second kappa shape index (κ2) is 10.1. The van der Waals surface area contributed by atoms with Crippen LogP contribution < -0.4 is 10.6 Å². The van der Waals surface area contributed by atoms with Gasteiger partial charge in [0.05, 0.1) is 6.61 Å². The second-order valence-electron chi connectivity index (χ2n) is 8.34. The molecule has 2 aromatic carbocycles. The van der Waals surface area contributed by atoms with Crippen LogP contribution in [0.2, 0.25) is 0 Å². The van der Waals surface area contributed by atoms with E-state index in [0.29, 0.717) is 6.04 Å². The van der Waals surface area contributed by atoms with E-state index in [2.05, 4.69) is 63.0 Å². The number of likely N-dealkylation sites (tertiary alicyclic amines) is 1. The first kappa shape index (κ1) is 20.2. The molecular formula is C24H34N4O. The Kier molecular flexibility index (Phi) is 7.01. The van der Waals surface area contributed by atoms with Crippen molar-refractivity contribution < 1.29 is 4.74 Å². The summed E-state index contributed by atoms with van der Waals surface area (Å²) in [6, 6.07) is 15.7. The molecule has 2 fully saturated rings. The van der Waals surface area contributed by atoms with Gasteiger partial charge in [-0.05, 0) is 47.9 Å². The first-order valence-corrected chi connectivity index (χ1v) is 11.1. The Morgan fingerprint density at radius 3 is 2.72 bits per heavy atom. The molecule has 0 radical (unpaired) electrons. The molecule has 1 unspecified atom stereocenters. The third kappa shape index (κ3) is 5.49. The summed E-state index contributed by atoms with van der Waals surface area (Å²) < 4.78 is 5.52. The van der Waals surface area contributed by atoms with Gasteiger partial charge in [-0.3, -0.25) is 4.99 Å². The molecule has 4 rings (SSSR count). The van der Waals surface area contributed by atoms with Crippen LogP contribution in [0.15, 0.2) is 47.5 Å². The number of guanidine groups is 1. The van der Waals surface area contributed by atoms with Gasteiger partial charge in [-0.2, -0.15) is 0 Å². The molecule has 5 nitrogen and oxygen atoms in total. The van der Waals surface area contributed by atoms with Crippen molar-refractivity contribution in [3.63, 3.8) is 0 Å². The number of benzene rings is 2. The summed E-state index contributed by atoms with van der Waals surface area (Å²) in [6.07, 6.45) is 4.57. The van der Waals surface area contributed by atoms with Crippen LogP contribution in [0.4, 0.5) is 0 Å². The maximum absolute atomic E-state index is 5.52. The van der Waals surface area contributed by atoms with Crippen molar-refractivity contribution in [2.24, 2.45) is 10.9 Å². The van der Waals surface area contributed by atoms with Crippen LogP contribution >= 0.6 is 0 Å². The highest BCUT2D eigenvalue weighted by Crippen LogP contribution is 2.19. The predicted molar refractivity (Wildman–Crippen MR) is 121 cm³/mol. The van der Waals surface area contributed by atoms with E-state index in [0.717, 1.165) is 38.1 Å². The quantitative estimate of drug-likeness (QED) is 0.584. The molecule has 2 saturated heterocycles. The first-order valence-electron chi connectivity index (χ1n) is 11.1. The highest BCUT2D eigenvalue weighted by atomic mass is 16.5. The Morgan fingerprint density at radius 1 is 1.10 bits per heavy atom. The van der Waals surface area contributed by atoms with Gasteiger partial charge in [0.15, 0.2) is 5.96 Å². The van der Waals surface area contributed by atoms with Crippen molar-refractivity contribution in [3.8, 4) is 0 Å². The molecule has 0 spiro atoms. The van der Waals surface area contributed by atoms with E-state index in [-0.39, 0.29) is 0 Å². The molecule has 0 amide bonds. The number of nitrogens with one attached hydrogen (secondary N) is 2. The fourth-order valence-electron chi connectivity index (χ4n) is 4.57. The molecule has 2 aliphatic rings. The Labute approximate surface area is 174 Å². The fourth-order valence-corrected chi connectivity index (χ4v) is 4.57. The summed E-state index contributed by atoms with van der Waals surface area (Å²) in [5, 5.41) is 9.80. The summed E-state index contributed by atoms with van der Waals surface area (Å²) in [5.41, 5.74) is 1.38. The van der Waals surface area contributed by atoms with Crippen LogP contribution in [0.3, 0.4) is 0 Å². The Morgan fingerprint density at radius 2 is 1.93 bits per heavy atom. The van der Waals surface area contributed by atoms with Crippen molar-refractivity contribution in [1.29, 1.82) is 0 Å². The van der Waals surface area contributed by atoms with E-state index in [1.54, 1.807) is 0 Å². The SMILES string of the molecule is CN=C(NCCc1cccc2ccccc12)NC1CCN(CC2CCOC2)CC1. The fraction of sp³-hybridized carbons (Fsp3) is 0.542. The number of aliphatic imine (C=N–C) groups is 1. The third-order valence-electron chi connectivity index (χ3n) is 6.26. The maximum atomic E-state index is 5.52. The molecule has 0 bridgehead atoms. The number of hydrogen-bond acceptors (Lipinski definition) is 3. The van der Waals surface area contributed by atoms with Gasteiger partial charge in [0, 0.05) is 45.9 Å². The molecule has 0 aromatic heterocycles. The number of nitrogens with zero attached hydrogens (tertiary/aromatic N) is 2. The number of piperidine rings is 1.